The number of carbonyl (C=O) groups is 2. The van der Waals surface area contributed by atoms with Crippen LogP contribution in [0.25, 0.3) is 0 Å². The van der Waals surface area contributed by atoms with E-state index < -0.39 is 0 Å². The Labute approximate surface area is 192 Å². The second kappa shape index (κ2) is 11.0. The zero-order valence-corrected chi connectivity index (χ0v) is 18.6. The van der Waals surface area contributed by atoms with Crippen molar-refractivity contribution >= 4 is 29.3 Å². The lowest BCUT2D eigenvalue weighted by Crippen LogP contribution is -2.38. The van der Waals surface area contributed by atoms with Crippen molar-refractivity contribution in [3.63, 3.8) is 0 Å². The topological polar surface area (TPSA) is 58.6 Å². The van der Waals surface area contributed by atoms with E-state index in [2.05, 4.69) is 5.32 Å². The zero-order chi connectivity index (χ0) is 22.2. The van der Waals surface area contributed by atoms with Gasteiger partial charge in [-0.05, 0) is 28.8 Å². The summed E-state index contributed by atoms with van der Waals surface area (Å²) in [5.74, 6) is 0.390. The van der Waals surface area contributed by atoms with E-state index in [4.69, 9.17) is 4.74 Å². The van der Waals surface area contributed by atoms with Gasteiger partial charge in [0.15, 0.2) is 0 Å². The second-order valence-corrected chi connectivity index (χ2v) is 8.64. The van der Waals surface area contributed by atoms with Crippen molar-refractivity contribution in [2.45, 2.75) is 31.1 Å². The van der Waals surface area contributed by atoms with Gasteiger partial charge in [0.1, 0.15) is 0 Å². The van der Waals surface area contributed by atoms with Gasteiger partial charge in [-0.1, -0.05) is 66.7 Å². The highest BCUT2D eigenvalue weighted by Gasteiger charge is 2.24. The lowest BCUT2D eigenvalue weighted by molar-refractivity contribution is -0.121. The summed E-state index contributed by atoms with van der Waals surface area (Å²) in [4.78, 5) is 27.5. The molecule has 1 aliphatic heterocycles. The quantitative estimate of drug-likeness (QED) is 0.524. The van der Waals surface area contributed by atoms with Crippen LogP contribution in [0, 0.1) is 0 Å². The van der Waals surface area contributed by atoms with Crippen molar-refractivity contribution < 1.29 is 14.3 Å². The van der Waals surface area contributed by atoms with Crippen molar-refractivity contribution in [2.24, 2.45) is 0 Å². The summed E-state index contributed by atoms with van der Waals surface area (Å²) in [6, 6.07) is 25.9. The van der Waals surface area contributed by atoms with Gasteiger partial charge in [0.2, 0.25) is 11.8 Å². The maximum absolute atomic E-state index is 12.4. The number of para-hydroxylation sites is 1. The number of rotatable bonds is 9. The first-order valence-electron chi connectivity index (χ1n) is 10.7. The average molecular weight is 447 g/mol. The molecule has 0 aliphatic carbocycles. The van der Waals surface area contributed by atoms with Gasteiger partial charge in [0, 0.05) is 24.4 Å². The van der Waals surface area contributed by atoms with Crippen LogP contribution in [0.4, 0.5) is 5.69 Å². The van der Waals surface area contributed by atoms with Crippen LogP contribution in [0.2, 0.25) is 0 Å². The third-order valence-electron chi connectivity index (χ3n) is 5.23. The Balaban J connectivity index is 1.24. The lowest BCUT2D eigenvalue weighted by atomic mass is 10.1. The fourth-order valence-corrected chi connectivity index (χ4v) is 4.53. The Kier molecular flexibility index (Phi) is 7.59. The van der Waals surface area contributed by atoms with Crippen LogP contribution in [0.3, 0.4) is 0 Å². The molecule has 0 atom stereocenters. The summed E-state index contributed by atoms with van der Waals surface area (Å²) in [5.41, 5.74) is 4.13. The van der Waals surface area contributed by atoms with Crippen LogP contribution in [-0.2, 0) is 34.1 Å². The first-order chi connectivity index (χ1) is 15.7. The summed E-state index contributed by atoms with van der Waals surface area (Å²) in [5, 5.41) is 2.96. The molecule has 6 heteroatoms. The van der Waals surface area contributed by atoms with Gasteiger partial charge in [-0.2, -0.15) is 0 Å². The number of hydrogen-bond donors (Lipinski definition) is 1. The number of thioether (sulfide) groups is 1. The second-order valence-electron chi connectivity index (χ2n) is 7.63. The third-order valence-corrected chi connectivity index (χ3v) is 6.28. The fourth-order valence-electron chi connectivity index (χ4n) is 3.59. The van der Waals surface area contributed by atoms with E-state index in [1.807, 2.05) is 78.9 Å². The van der Waals surface area contributed by atoms with Crippen LogP contribution in [0.5, 0.6) is 0 Å². The molecule has 3 aromatic rings. The molecule has 1 heterocycles. The number of amides is 2. The van der Waals surface area contributed by atoms with Gasteiger partial charge in [-0.25, -0.2) is 0 Å². The highest BCUT2D eigenvalue weighted by Crippen LogP contribution is 2.34. The van der Waals surface area contributed by atoms with Crippen molar-refractivity contribution in [1.29, 1.82) is 0 Å². The number of benzene rings is 3. The first-order valence-corrected chi connectivity index (χ1v) is 11.7. The molecule has 164 valence electrons. The van der Waals surface area contributed by atoms with E-state index in [-0.39, 0.29) is 18.2 Å². The number of nitrogens with zero attached hydrogens (tertiary/aromatic N) is 1. The summed E-state index contributed by atoms with van der Waals surface area (Å²) < 4.78 is 5.80. The van der Waals surface area contributed by atoms with Gasteiger partial charge in [-0.3, -0.25) is 9.59 Å². The minimum absolute atomic E-state index is 0.0460. The number of nitrogens with one attached hydrogen (secondary N) is 1. The molecule has 1 N–H and O–H groups in total. The van der Waals surface area contributed by atoms with E-state index in [0.29, 0.717) is 32.1 Å². The number of ether oxygens (including phenoxy) is 1. The van der Waals surface area contributed by atoms with Gasteiger partial charge in [-0.15, -0.1) is 11.8 Å². The lowest BCUT2D eigenvalue weighted by Gasteiger charge is -2.28. The SMILES string of the molecule is O=C(CCN1C(=O)CSc2ccccc21)NCc1cccc(COCc2ccccc2)c1. The van der Waals surface area contributed by atoms with Crippen LogP contribution in [0.15, 0.2) is 83.8 Å². The standard InChI is InChI=1S/C26H26N2O3S/c29-25(13-14-28-23-11-4-5-12-24(23)32-19-26(28)30)27-16-21-9-6-10-22(15-21)18-31-17-20-7-2-1-3-8-20/h1-12,15H,13-14,16-19H2,(H,27,29). The monoisotopic (exact) mass is 446 g/mol. The molecule has 0 saturated heterocycles. The van der Waals surface area contributed by atoms with E-state index >= 15 is 0 Å². The molecule has 0 saturated carbocycles. The van der Waals surface area contributed by atoms with Gasteiger partial charge >= 0.3 is 0 Å². The number of anilines is 1. The average Bonchev–Trinajstić information content (AvgIpc) is 2.83. The Hall–Kier alpha value is -3.09. The number of fused-ring (bicyclic) bond motifs is 1. The minimum Gasteiger partial charge on any atom is -0.372 e. The van der Waals surface area contributed by atoms with Gasteiger partial charge in [0.25, 0.3) is 0 Å². The molecule has 1 aliphatic rings. The maximum Gasteiger partial charge on any atom is 0.237 e. The van der Waals surface area contributed by atoms with Crippen molar-refractivity contribution in [2.75, 3.05) is 17.2 Å². The van der Waals surface area contributed by atoms with Crippen LogP contribution in [0.1, 0.15) is 23.1 Å². The predicted molar refractivity (Wildman–Crippen MR) is 127 cm³/mol. The largest absolute Gasteiger partial charge is 0.372 e. The minimum atomic E-state index is -0.0701. The van der Waals surface area contributed by atoms with E-state index in [0.717, 1.165) is 27.3 Å². The molecular formula is C26H26N2O3S. The van der Waals surface area contributed by atoms with E-state index in [1.165, 1.54) is 0 Å². The predicted octanol–water partition coefficient (Wildman–Crippen LogP) is 4.55. The molecular weight excluding hydrogens is 420 g/mol. The molecule has 0 fully saturated rings. The summed E-state index contributed by atoms with van der Waals surface area (Å²) in [7, 11) is 0. The van der Waals surface area contributed by atoms with E-state index in [1.54, 1.807) is 16.7 Å². The van der Waals surface area contributed by atoms with Crippen molar-refractivity contribution in [1.82, 2.24) is 5.32 Å². The maximum atomic E-state index is 12.4. The zero-order valence-electron chi connectivity index (χ0n) is 17.8. The molecule has 5 nitrogen and oxygen atoms in total. The van der Waals surface area contributed by atoms with Gasteiger partial charge < -0.3 is 15.0 Å². The van der Waals surface area contributed by atoms with Crippen molar-refractivity contribution in [3.05, 3.63) is 95.6 Å². The summed E-state index contributed by atoms with van der Waals surface area (Å²) in [6.07, 6.45) is 0.268. The van der Waals surface area contributed by atoms with Crippen molar-refractivity contribution in [3.8, 4) is 0 Å². The highest BCUT2D eigenvalue weighted by atomic mass is 32.2. The van der Waals surface area contributed by atoms with Crippen LogP contribution >= 0.6 is 11.8 Å². The molecule has 2 amide bonds. The molecule has 32 heavy (non-hydrogen) atoms. The normalized spacial score (nSPS) is 13.0. The molecule has 0 bridgehead atoms. The smallest absolute Gasteiger partial charge is 0.237 e. The van der Waals surface area contributed by atoms with Crippen LogP contribution < -0.4 is 10.2 Å². The Morgan fingerprint density at radius 3 is 2.50 bits per heavy atom. The fraction of sp³-hybridized carbons (Fsp3) is 0.231. The molecule has 0 spiro atoms. The Morgan fingerprint density at radius 1 is 0.906 bits per heavy atom. The molecule has 0 radical (unpaired) electrons. The third kappa shape index (κ3) is 5.99. The number of carbonyl (C=O) groups excluding carboxylic acids is 2. The number of hydrogen-bond acceptors (Lipinski definition) is 4. The molecule has 0 unspecified atom stereocenters. The van der Waals surface area contributed by atoms with Crippen LogP contribution in [-0.4, -0.2) is 24.1 Å². The summed E-state index contributed by atoms with van der Waals surface area (Å²) >= 11 is 1.55. The molecule has 4 rings (SSSR count). The summed E-state index contributed by atoms with van der Waals surface area (Å²) in [6.45, 7) is 1.92. The first kappa shape index (κ1) is 22.1. The highest BCUT2D eigenvalue weighted by molar-refractivity contribution is 8.00. The van der Waals surface area contributed by atoms with E-state index in [9.17, 15) is 9.59 Å². The molecule has 0 aromatic heterocycles. The van der Waals surface area contributed by atoms with Gasteiger partial charge in [0.05, 0.1) is 24.7 Å². The Morgan fingerprint density at radius 2 is 1.62 bits per heavy atom. The Bertz CT molecular complexity index is 1070. The molecule has 3 aromatic carbocycles.